The Morgan fingerprint density at radius 1 is 1.07 bits per heavy atom. The molecule has 2 aliphatic rings. The zero-order valence-corrected chi connectivity index (χ0v) is 25.9. The van der Waals surface area contributed by atoms with Crippen LogP contribution in [0.3, 0.4) is 0 Å². The highest BCUT2D eigenvalue weighted by atomic mass is 31.2. The van der Waals surface area contributed by atoms with E-state index >= 15 is 4.39 Å². The third-order valence-electron chi connectivity index (χ3n) is 8.25. The molecule has 0 N–H and O–H groups in total. The lowest BCUT2D eigenvalue weighted by molar-refractivity contribution is -0.126. The lowest BCUT2D eigenvalue weighted by atomic mass is 10.1. The Labute approximate surface area is 253 Å². The zero-order valence-electron chi connectivity index (χ0n) is 25.0. The Kier molecular flexibility index (Phi) is 7.48. The Morgan fingerprint density at radius 3 is 2.43 bits per heavy atom. The molecule has 1 aliphatic heterocycles. The summed E-state index contributed by atoms with van der Waals surface area (Å²) >= 11 is 0. The van der Waals surface area contributed by atoms with E-state index < -0.39 is 24.5 Å². The number of hydrogen-bond donors (Lipinski definition) is 0. The van der Waals surface area contributed by atoms with Gasteiger partial charge in [0.05, 0.1) is 16.8 Å². The van der Waals surface area contributed by atoms with Crippen LogP contribution in [0.5, 0.6) is 0 Å². The van der Waals surface area contributed by atoms with Crippen molar-refractivity contribution in [2.45, 2.75) is 38.6 Å². The van der Waals surface area contributed by atoms with Gasteiger partial charge in [0.25, 0.3) is 0 Å². The number of aryl methyl sites for hydroxylation is 1. The van der Waals surface area contributed by atoms with Gasteiger partial charge in [-0.05, 0) is 75.9 Å². The maximum absolute atomic E-state index is 15.9. The highest BCUT2D eigenvalue weighted by Gasteiger charge is 2.34. The number of piperazine rings is 1. The number of anilines is 1. The van der Waals surface area contributed by atoms with E-state index in [1.165, 1.54) is 34.9 Å². The minimum atomic E-state index is -2.72. The fourth-order valence-corrected chi connectivity index (χ4v) is 6.70. The van der Waals surface area contributed by atoms with Gasteiger partial charge >= 0.3 is 5.69 Å². The minimum absolute atomic E-state index is 0.0419. The van der Waals surface area contributed by atoms with Crippen molar-refractivity contribution in [3.05, 3.63) is 82.4 Å². The molecular weight excluding hydrogens is 585 g/mol. The molecule has 9 nitrogen and oxygen atoms in total. The average molecular weight is 619 g/mol. The normalized spacial score (nSPS) is 17.3. The van der Waals surface area contributed by atoms with Crippen LogP contribution in [0.15, 0.2) is 53.8 Å². The zero-order chi connectivity index (χ0) is 31.5. The smallest absolute Gasteiger partial charge is 0.350 e. The van der Waals surface area contributed by atoms with Crippen molar-refractivity contribution in [3.8, 4) is 16.9 Å². The predicted molar refractivity (Wildman–Crippen MR) is 168 cm³/mol. The molecule has 0 bridgehead atoms. The maximum Gasteiger partial charge on any atom is 0.355 e. The van der Waals surface area contributed by atoms with E-state index in [9.17, 15) is 18.5 Å². The number of hydrogen-bond acceptors (Lipinski definition) is 7. The quantitative estimate of drug-likeness (QED) is 0.227. The van der Waals surface area contributed by atoms with E-state index in [0.717, 1.165) is 12.8 Å². The van der Waals surface area contributed by atoms with Gasteiger partial charge in [-0.25, -0.2) is 28.1 Å². The van der Waals surface area contributed by atoms with E-state index in [1.807, 2.05) is 18.7 Å². The van der Waals surface area contributed by atoms with Crippen LogP contribution in [-0.2, 0) is 9.36 Å². The first-order valence-corrected chi connectivity index (χ1v) is 17.1. The second kappa shape index (κ2) is 11.0. The number of rotatable bonds is 6. The monoisotopic (exact) mass is 618 g/mol. The van der Waals surface area contributed by atoms with Crippen LogP contribution in [0.1, 0.15) is 36.9 Å². The summed E-state index contributed by atoms with van der Waals surface area (Å²) in [4.78, 5) is 43.8. The molecule has 1 saturated carbocycles. The highest BCUT2D eigenvalue weighted by Crippen LogP contribution is 2.44. The molecule has 1 amide bonds. The molecule has 228 valence electrons. The number of aromatic nitrogens is 4. The third kappa shape index (κ3) is 5.23. The first-order chi connectivity index (χ1) is 20.9. The molecule has 0 spiro atoms. The highest BCUT2D eigenvalue weighted by molar-refractivity contribution is 7.69. The van der Waals surface area contributed by atoms with E-state index in [1.54, 1.807) is 30.4 Å². The Morgan fingerprint density at radius 2 is 1.80 bits per heavy atom. The number of carbonyl (C=O) groups is 1. The van der Waals surface area contributed by atoms with E-state index in [0.29, 0.717) is 42.0 Å². The number of fused-ring (bicyclic) bond motifs is 1. The van der Waals surface area contributed by atoms with Crippen LogP contribution < -0.4 is 16.0 Å². The predicted octanol–water partition coefficient (Wildman–Crippen LogP) is 4.78. The molecule has 4 heterocycles. The summed E-state index contributed by atoms with van der Waals surface area (Å²) in [6.07, 6.45) is 2.97. The molecule has 0 unspecified atom stereocenters. The van der Waals surface area contributed by atoms with Crippen molar-refractivity contribution < 1.29 is 18.1 Å². The van der Waals surface area contributed by atoms with Crippen molar-refractivity contribution in [2.75, 3.05) is 37.9 Å². The van der Waals surface area contributed by atoms with Crippen molar-refractivity contribution in [1.29, 1.82) is 0 Å². The van der Waals surface area contributed by atoms with Gasteiger partial charge in [0.2, 0.25) is 5.91 Å². The standard InChI is InChI=1S/C32H33F2N6O3P/c1-6-26(41)38-13-14-39(19(3)17-38)30-22-16-24(34)28(21-9-7-8-10-23(21)33)36-31(22)40(32(42)37-30)29-18(2)15-25(44(4,5)43)35-27(29)20-11-12-20/h6-10,15-16,19-20H,1,11-14,17H2,2-5H3/t19-/m0/s1. The van der Waals surface area contributed by atoms with Gasteiger partial charge in [-0.1, -0.05) is 18.7 Å². The van der Waals surface area contributed by atoms with Crippen molar-refractivity contribution in [2.24, 2.45) is 0 Å². The second-order valence-corrected chi connectivity index (χ2v) is 15.1. The van der Waals surface area contributed by atoms with Gasteiger partial charge in [-0.15, -0.1) is 0 Å². The molecule has 1 aromatic carbocycles. The number of halogens is 2. The average Bonchev–Trinajstić information content (AvgIpc) is 3.82. The van der Waals surface area contributed by atoms with Crippen LogP contribution in [0, 0.1) is 18.6 Å². The lowest BCUT2D eigenvalue weighted by Gasteiger charge is -2.40. The van der Waals surface area contributed by atoms with E-state index in [-0.39, 0.29) is 46.0 Å². The van der Waals surface area contributed by atoms with Gasteiger partial charge < -0.3 is 14.4 Å². The molecule has 4 aromatic rings. The first-order valence-electron chi connectivity index (χ1n) is 14.5. The van der Waals surface area contributed by atoms with E-state index in [2.05, 4.69) is 16.5 Å². The van der Waals surface area contributed by atoms with Gasteiger partial charge in [-0.2, -0.15) is 4.98 Å². The van der Waals surface area contributed by atoms with Gasteiger partial charge in [0, 0.05) is 37.2 Å². The summed E-state index contributed by atoms with van der Waals surface area (Å²) in [5.41, 5.74) is 1.37. The Hall–Kier alpha value is -4.24. The summed E-state index contributed by atoms with van der Waals surface area (Å²) in [5, 5.41) is 0.263. The molecule has 1 atom stereocenters. The van der Waals surface area contributed by atoms with Crippen LogP contribution in [0.25, 0.3) is 28.0 Å². The van der Waals surface area contributed by atoms with Crippen LogP contribution in [0.2, 0.25) is 0 Å². The molecule has 12 heteroatoms. The Balaban J connectivity index is 1.64. The van der Waals surface area contributed by atoms with E-state index in [4.69, 9.17) is 4.98 Å². The Bertz CT molecular complexity index is 1950. The second-order valence-electron chi connectivity index (χ2n) is 11.9. The largest absolute Gasteiger partial charge is 0.355 e. The molecule has 44 heavy (non-hydrogen) atoms. The molecule has 3 aromatic heterocycles. The van der Waals surface area contributed by atoms with Crippen molar-refractivity contribution in [1.82, 2.24) is 24.4 Å². The SMILES string of the molecule is C=CC(=O)N1CCN(c2nc(=O)n(-c3c(C)cc(P(C)(C)=O)nc3C3CC3)c3nc(-c4ccccc4F)c(F)cc23)[C@@H](C)C1. The third-order valence-corrected chi connectivity index (χ3v) is 9.58. The lowest BCUT2D eigenvalue weighted by Crippen LogP contribution is -2.54. The molecular formula is C32H33F2N6O3P. The molecule has 2 fully saturated rings. The molecule has 6 rings (SSSR count). The van der Waals surface area contributed by atoms with Gasteiger partial charge in [0.15, 0.2) is 5.65 Å². The summed E-state index contributed by atoms with van der Waals surface area (Å²) in [6, 6.07) is 8.46. The van der Waals surface area contributed by atoms with Crippen LogP contribution in [0.4, 0.5) is 14.6 Å². The summed E-state index contributed by atoms with van der Waals surface area (Å²) in [5.74, 6) is -1.34. The topological polar surface area (TPSA) is 101 Å². The molecule has 1 saturated heterocycles. The number of carbonyl (C=O) groups excluding carboxylic acids is 1. The van der Waals surface area contributed by atoms with Gasteiger partial charge in [0.1, 0.15) is 35.7 Å². The van der Waals surface area contributed by atoms with Gasteiger partial charge in [-0.3, -0.25) is 4.79 Å². The van der Waals surface area contributed by atoms with Crippen LogP contribution >= 0.6 is 7.14 Å². The fourth-order valence-electron chi connectivity index (χ4n) is 5.85. The first kappa shape index (κ1) is 29.8. The number of nitrogens with zero attached hydrogens (tertiary/aromatic N) is 6. The number of amides is 1. The van der Waals surface area contributed by atoms with Crippen LogP contribution in [-0.4, -0.2) is 69.3 Å². The summed E-state index contributed by atoms with van der Waals surface area (Å²) < 4.78 is 45.2. The maximum atomic E-state index is 15.9. The molecule has 1 aliphatic carbocycles. The minimum Gasteiger partial charge on any atom is -0.350 e. The molecule has 0 radical (unpaired) electrons. The van der Waals surface area contributed by atoms with Crippen molar-refractivity contribution in [3.63, 3.8) is 0 Å². The summed E-state index contributed by atoms with van der Waals surface area (Å²) in [7, 11) is -2.72. The van der Waals surface area contributed by atoms with Crippen molar-refractivity contribution >= 4 is 35.3 Å². The number of benzene rings is 1. The fraction of sp³-hybridized carbons (Fsp3) is 0.344. The number of pyridine rings is 2. The summed E-state index contributed by atoms with van der Waals surface area (Å²) in [6.45, 7) is 11.6.